The summed E-state index contributed by atoms with van der Waals surface area (Å²) in [6.45, 7) is 7.69. The van der Waals surface area contributed by atoms with Gasteiger partial charge in [-0.15, -0.1) is 0 Å². The average Bonchev–Trinajstić information content (AvgIpc) is 2.96. The van der Waals surface area contributed by atoms with Crippen LogP contribution < -0.4 is 9.79 Å². The Morgan fingerprint density at radius 3 is 2.16 bits per heavy atom. The van der Waals surface area contributed by atoms with Crippen molar-refractivity contribution in [2.24, 2.45) is 0 Å². The van der Waals surface area contributed by atoms with Crippen LogP contribution >= 0.6 is 0 Å². The average molecular weight is 424 g/mol. The standard InChI is InChI=1S/C25H29NO5/c1-17-18(2)24(28)26(23(17)27)22-19(12-10-16-29-5)11-9-15-21(22)30-31-25(3,4)20-13-7-6-8-14-20/h6-9,11,13-15H,10,12,16H2,1-5H3. The van der Waals surface area contributed by atoms with E-state index >= 15 is 0 Å². The SMILES string of the molecule is COCCCc1cccc(OOC(C)(C)c2ccccc2)c1N1C(=O)C(C)=C(C)C1=O. The van der Waals surface area contributed by atoms with Gasteiger partial charge in [-0.3, -0.25) is 9.59 Å². The lowest BCUT2D eigenvalue weighted by atomic mass is 9.99. The maximum absolute atomic E-state index is 12.9. The minimum absolute atomic E-state index is 0.322. The van der Waals surface area contributed by atoms with Crippen LogP contribution in [0.3, 0.4) is 0 Å². The predicted octanol–water partition coefficient (Wildman–Crippen LogP) is 4.72. The zero-order valence-corrected chi connectivity index (χ0v) is 18.7. The number of anilines is 1. The Balaban J connectivity index is 1.96. The molecule has 0 radical (unpaired) electrons. The van der Waals surface area contributed by atoms with Gasteiger partial charge in [0.1, 0.15) is 11.3 Å². The summed E-state index contributed by atoms with van der Waals surface area (Å²) in [5.74, 6) is -0.356. The van der Waals surface area contributed by atoms with E-state index in [1.807, 2.05) is 56.3 Å². The van der Waals surface area contributed by atoms with Crippen LogP contribution in [0.4, 0.5) is 5.69 Å². The van der Waals surface area contributed by atoms with E-state index in [9.17, 15) is 9.59 Å². The third-order valence-electron chi connectivity index (χ3n) is 5.52. The van der Waals surface area contributed by atoms with Gasteiger partial charge in [-0.25, -0.2) is 4.90 Å². The summed E-state index contributed by atoms with van der Waals surface area (Å²) in [4.78, 5) is 38.6. The van der Waals surface area contributed by atoms with Crippen LogP contribution in [-0.4, -0.2) is 25.5 Å². The van der Waals surface area contributed by atoms with Gasteiger partial charge in [-0.2, -0.15) is 4.89 Å². The van der Waals surface area contributed by atoms with E-state index in [0.717, 1.165) is 17.5 Å². The Labute approximate surface area is 183 Å². The number of hydrogen-bond donors (Lipinski definition) is 0. The minimum atomic E-state index is -0.742. The molecule has 0 saturated carbocycles. The fraction of sp³-hybridized carbons (Fsp3) is 0.360. The number of aryl methyl sites for hydroxylation is 1. The van der Waals surface area contributed by atoms with E-state index in [-0.39, 0.29) is 11.8 Å². The van der Waals surface area contributed by atoms with Crippen LogP contribution in [0.1, 0.15) is 45.2 Å². The molecule has 164 valence electrons. The molecule has 0 aromatic heterocycles. The molecule has 6 heteroatoms. The van der Waals surface area contributed by atoms with Gasteiger partial charge >= 0.3 is 0 Å². The molecule has 2 aromatic carbocycles. The van der Waals surface area contributed by atoms with Gasteiger partial charge in [0.25, 0.3) is 11.8 Å². The van der Waals surface area contributed by atoms with Gasteiger partial charge in [0.2, 0.25) is 0 Å². The summed E-state index contributed by atoms with van der Waals surface area (Å²) in [5, 5.41) is 0. The molecule has 0 atom stereocenters. The molecule has 31 heavy (non-hydrogen) atoms. The van der Waals surface area contributed by atoms with Gasteiger partial charge in [0, 0.05) is 24.9 Å². The first-order chi connectivity index (χ1) is 14.8. The highest BCUT2D eigenvalue weighted by Crippen LogP contribution is 2.39. The van der Waals surface area contributed by atoms with Gasteiger partial charge in [0.05, 0.1) is 0 Å². The molecule has 1 heterocycles. The molecule has 0 fully saturated rings. The van der Waals surface area contributed by atoms with E-state index in [1.54, 1.807) is 27.0 Å². The van der Waals surface area contributed by atoms with Crippen LogP contribution in [0.5, 0.6) is 5.75 Å². The van der Waals surface area contributed by atoms with Gasteiger partial charge < -0.3 is 9.62 Å². The second-order valence-corrected chi connectivity index (χ2v) is 8.10. The minimum Gasteiger partial charge on any atom is -0.385 e. The number of carbonyl (C=O) groups excluding carboxylic acids is 2. The summed E-state index contributed by atoms with van der Waals surface area (Å²) in [5.41, 5.74) is 2.32. The smallest absolute Gasteiger partial charge is 0.261 e. The van der Waals surface area contributed by atoms with E-state index in [4.69, 9.17) is 14.5 Å². The van der Waals surface area contributed by atoms with Crippen LogP contribution in [-0.2, 0) is 31.2 Å². The Bertz CT molecular complexity index is 970. The molecule has 0 aliphatic carbocycles. The predicted molar refractivity (Wildman–Crippen MR) is 119 cm³/mol. The highest BCUT2D eigenvalue weighted by Gasteiger charge is 2.38. The van der Waals surface area contributed by atoms with Gasteiger partial charge in [-0.1, -0.05) is 42.5 Å². The van der Waals surface area contributed by atoms with Crippen LogP contribution in [0, 0.1) is 0 Å². The lowest BCUT2D eigenvalue weighted by molar-refractivity contribution is -0.286. The zero-order valence-electron chi connectivity index (χ0n) is 18.7. The molecular formula is C25H29NO5. The van der Waals surface area contributed by atoms with Crippen molar-refractivity contribution in [1.29, 1.82) is 0 Å². The van der Waals surface area contributed by atoms with Crippen molar-refractivity contribution >= 4 is 17.5 Å². The molecule has 1 aliphatic rings. The number of imide groups is 1. The highest BCUT2D eigenvalue weighted by molar-refractivity contribution is 6.33. The normalized spacial score (nSPS) is 14.5. The number of methoxy groups -OCH3 is 1. The van der Waals surface area contributed by atoms with E-state index < -0.39 is 5.60 Å². The molecule has 3 rings (SSSR count). The molecular weight excluding hydrogens is 394 g/mol. The van der Waals surface area contributed by atoms with Crippen LogP contribution in [0.2, 0.25) is 0 Å². The number of ether oxygens (including phenoxy) is 1. The largest absolute Gasteiger partial charge is 0.385 e. The quantitative estimate of drug-likeness (QED) is 0.253. The summed E-state index contributed by atoms with van der Waals surface area (Å²) < 4.78 is 5.17. The lowest BCUT2D eigenvalue weighted by Gasteiger charge is -2.26. The first kappa shape index (κ1) is 22.7. The second-order valence-electron chi connectivity index (χ2n) is 8.10. The van der Waals surface area contributed by atoms with E-state index in [0.29, 0.717) is 35.6 Å². The number of rotatable bonds is 9. The lowest BCUT2D eigenvalue weighted by Crippen LogP contribution is -2.33. The van der Waals surface area contributed by atoms with Crippen molar-refractivity contribution in [3.63, 3.8) is 0 Å². The Morgan fingerprint density at radius 2 is 1.55 bits per heavy atom. The summed E-state index contributed by atoms with van der Waals surface area (Å²) >= 11 is 0. The molecule has 2 amide bonds. The van der Waals surface area contributed by atoms with Crippen LogP contribution in [0.25, 0.3) is 0 Å². The molecule has 0 bridgehead atoms. The third-order valence-corrected chi connectivity index (χ3v) is 5.52. The summed E-state index contributed by atoms with van der Waals surface area (Å²) in [7, 11) is 1.64. The van der Waals surface area contributed by atoms with Gasteiger partial charge in [-0.05, 0) is 57.7 Å². The number of amides is 2. The molecule has 6 nitrogen and oxygen atoms in total. The topological polar surface area (TPSA) is 65.1 Å². The number of benzene rings is 2. The fourth-order valence-electron chi connectivity index (χ4n) is 3.49. The van der Waals surface area contributed by atoms with E-state index in [2.05, 4.69) is 0 Å². The number of nitrogens with zero attached hydrogens (tertiary/aromatic N) is 1. The Morgan fingerprint density at radius 1 is 0.903 bits per heavy atom. The van der Waals surface area contributed by atoms with Crippen molar-refractivity contribution in [3.05, 3.63) is 70.8 Å². The first-order valence-electron chi connectivity index (χ1n) is 10.4. The second kappa shape index (κ2) is 9.45. The van der Waals surface area contributed by atoms with Crippen molar-refractivity contribution in [1.82, 2.24) is 0 Å². The molecule has 0 saturated heterocycles. The third kappa shape index (κ3) is 4.70. The Kier molecular flexibility index (Phi) is 6.93. The molecule has 0 spiro atoms. The van der Waals surface area contributed by atoms with Crippen molar-refractivity contribution in [2.75, 3.05) is 18.6 Å². The molecule has 0 N–H and O–H groups in total. The highest BCUT2D eigenvalue weighted by atomic mass is 17.2. The summed E-state index contributed by atoms with van der Waals surface area (Å²) in [6.07, 6.45) is 1.36. The van der Waals surface area contributed by atoms with Crippen LogP contribution in [0.15, 0.2) is 59.7 Å². The van der Waals surface area contributed by atoms with Crippen molar-refractivity contribution in [3.8, 4) is 5.75 Å². The van der Waals surface area contributed by atoms with E-state index in [1.165, 1.54) is 4.90 Å². The number of para-hydroxylation sites is 1. The van der Waals surface area contributed by atoms with Crippen molar-refractivity contribution in [2.45, 2.75) is 46.1 Å². The number of hydrogen-bond acceptors (Lipinski definition) is 5. The maximum atomic E-state index is 12.9. The fourth-order valence-corrected chi connectivity index (χ4v) is 3.49. The zero-order chi connectivity index (χ0) is 22.6. The maximum Gasteiger partial charge on any atom is 0.261 e. The molecule has 0 unspecified atom stereocenters. The molecule has 1 aliphatic heterocycles. The van der Waals surface area contributed by atoms with Gasteiger partial charge in [0.15, 0.2) is 5.75 Å². The molecule has 2 aromatic rings. The summed E-state index contributed by atoms with van der Waals surface area (Å²) in [6, 6.07) is 15.1. The first-order valence-corrected chi connectivity index (χ1v) is 10.4. The monoisotopic (exact) mass is 423 g/mol. The number of carbonyl (C=O) groups is 2. The van der Waals surface area contributed by atoms with Crippen molar-refractivity contribution < 1.29 is 24.1 Å². The Hall–Kier alpha value is -2.96.